The molecule has 0 saturated carbocycles. The first-order valence-corrected chi connectivity index (χ1v) is 9.70. The molecule has 3 aliphatic heterocycles. The van der Waals surface area contributed by atoms with E-state index in [-0.39, 0.29) is 24.4 Å². The van der Waals surface area contributed by atoms with Crippen LogP contribution in [0.4, 0.5) is 0 Å². The monoisotopic (exact) mass is 397 g/mol. The van der Waals surface area contributed by atoms with Crippen molar-refractivity contribution in [1.29, 1.82) is 0 Å². The first-order valence-electron chi connectivity index (χ1n) is 9.70. The summed E-state index contributed by atoms with van der Waals surface area (Å²) in [7, 11) is 0. The number of pyridine rings is 1. The van der Waals surface area contributed by atoms with Crippen molar-refractivity contribution in [2.24, 2.45) is 5.92 Å². The van der Waals surface area contributed by atoms with Crippen LogP contribution in [-0.2, 0) is 6.42 Å². The topological polar surface area (TPSA) is 58.4 Å². The van der Waals surface area contributed by atoms with E-state index in [1.165, 1.54) is 5.56 Å². The van der Waals surface area contributed by atoms with Crippen LogP contribution in [0.25, 0.3) is 11.0 Å². The van der Waals surface area contributed by atoms with Crippen molar-refractivity contribution in [2.45, 2.75) is 31.3 Å². The van der Waals surface area contributed by atoms with E-state index in [0.29, 0.717) is 17.7 Å². The molecule has 3 aliphatic rings. The van der Waals surface area contributed by atoms with E-state index in [0.717, 1.165) is 43.3 Å². The highest BCUT2D eigenvalue weighted by molar-refractivity contribution is 5.96. The summed E-state index contributed by atoms with van der Waals surface area (Å²) in [6.45, 7) is 2.24. The number of rotatable bonds is 4. The Kier molecular flexibility index (Phi) is 5.38. The van der Waals surface area contributed by atoms with Gasteiger partial charge in [0.05, 0.1) is 0 Å². The first-order chi connectivity index (χ1) is 13.3. The zero-order valence-corrected chi connectivity index (χ0v) is 16.4. The number of carbonyl (C=O) groups is 1. The third kappa shape index (κ3) is 3.52. The molecule has 3 saturated heterocycles. The van der Waals surface area contributed by atoms with Gasteiger partial charge < -0.3 is 9.73 Å². The molecule has 3 fully saturated rings. The van der Waals surface area contributed by atoms with Crippen LogP contribution >= 0.6 is 12.4 Å². The molecule has 0 spiro atoms. The molecule has 5 heterocycles. The van der Waals surface area contributed by atoms with Crippen LogP contribution in [0.1, 0.15) is 29.0 Å². The fourth-order valence-corrected chi connectivity index (χ4v) is 4.70. The van der Waals surface area contributed by atoms with Crippen LogP contribution in [0, 0.1) is 5.92 Å². The van der Waals surface area contributed by atoms with Crippen molar-refractivity contribution >= 4 is 29.3 Å². The summed E-state index contributed by atoms with van der Waals surface area (Å²) in [5.74, 6) is 0.818. The zero-order valence-electron chi connectivity index (χ0n) is 15.6. The number of hydrogen-bond donors (Lipinski definition) is 1. The number of fused-ring (bicyclic) bond motifs is 4. The lowest BCUT2D eigenvalue weighted by Crippen LogP contribution is -2.64. The van der Waals surface area contributed by atoms with E-state index in [9.17, 15) is 4.79 Å². The Hall–Kier alpha value is -2.37. The van der Waals surface area contributed by atoms with Crippen LogP contribution in [0.5, 0.6) is 0 Å². The Morgan fingerprint density at radius 3 is 2.75 bits per heavy atom. The average Bonchev–Trinajstić information content (AvgIpc) is 3.16. The van der Waals surface area contributed by atoms with Gasteiger partial charge in [-0.3, -0.25) is 14.7 Å². The molecule has 3 aromatic rings. The number of piperidine rings is 3. The third-order valence-corrected chi connectivity index (χ3v) is 6.08. The predicted octanol–water partition coefficient (Wildman–Crippen LogP) is 3.68. The summed E-state index contributed by atoms with van der Waals surface area (Å²) in [5, 5.41) is 4.26. The number of furan rings is 1. The Labute approximate surface area is 170 Å². The number of benzene rings is 1. The van der Waals surface area contributed by atoms with E-state index < -0.39 is 0 Å². The van der Waals surface area contributed by atoms with Gasteiger partial charge in [-0.05, 0) is 62.0 Å². The van der Waals surface area contributed by atoms with Gasteiger partial charge in [0.2, 0.25) is 0 Å². The van der Waals surface area contributed by atoms with Gasteiger partial charge in [-0.15, -0.1) is 12.4 Å². The first kappa shape index (κ1) is 19.0. The summed E-state index contributed by atoms with van der Waals surface area (Å²) in [4.78, 5) is 19.7. The summed E-state index contributed by atoms with van der Waals surface area (Å²) in [6.07, 6.45) is 6.94. The van der Waals surface area contributed by atoms with Gasteiger partial charge in [0.15, 0.2) is 5.76 Å². The molecule has 2 aromatic heterocycles. The average molecular weight is 398 g/mol. The number of hydrogen-bond acceptors (Lipinski definition) is 4. The highest BCUT2D eigenvalue weighted by Gasteiger charge is 2.43. The summed E-state index contributed by atoms with van der Waals surface area (Å²) >= 11 is 0. The summed E-state index contributed by atoms with van der Waals surface area (Å²) < 4.78 is 5.77. The van der Waals surface area contributed by atoms with Gasteiger partial charge in [-0.1, -0.05) is 24.3 Å². The minimum Gasteiger partial charge on any atom is -0.451 e. The largest absolute Gasteiger partial charge is 0.451 e. The minimum absolute atomic E-state index is 0. The molecule has 146 valence electrons. The second-order valence-corrected chi connectivity index (χ2v) is 7.65. The van der Waals surface area contributed by atoms with Crippen LogP contribution < -0.4 is 5.32 Å². The minimum atomic E-state index is -0.110. The fourth-order valence-electron chi connectivity index (χ4n) is 4.70. The molecule has 2 atom stereocenters. The molecular formula is C22H24ClN3O2. The van der Waals surface area contributed by atoms with Gasteiger partial charge in [-0.25, -0.2) is 0 Å². The van der Waals surface area contributed by atoms with Crippen LogP contribution in [0.2, 0.25) is 0 Å². The van der Waals surface area contributed by atoms with Crippen LogP contribution in [0.15, 0.2) is 59.3 Å². The van der Waals surface area contributed by atoms with Gasteiger partial charge in [-0.2, -0.15) is 0 Å². The number of carbonyl (C=O) groups excluding carboxylic acids is 1. The maximum atomic E-state index is 12.9. The van der Waals surface area contributed by atoms with E-state index in [1.54, 1.807) is 6.20 Å². The van der Waals surface area contributed by atoms with Crippen molar-refractivity contribution in [1.82, 2.24) is 15.2 Å². The molecule has 28 heavy (non-hydrogen) atoms. The van der Waals surface area contributed by atoms with Crippen molar-refractivity contribution in [2.75, 3.05) is 13.1 Å². The lowest BCUT2D eigenvalue weighted by molar-refractivity contribution is 0.0131. The number of halogens is 1. The molecule has 5 nitrogen and oxygen atoms in total. The van der Waals surface area contributed by atoms with Crippen molar-refractivity contribution in [3.63, 3.8) is 0 Å². The Morgan fingerprint density at radius 2 is 2.00 bits per heavy atom. The molecule has 0 unspecified atom stereocenters. The quantitative estimate of drug-likeness (QED) is 0.729. The highest BCUT2D eigenvalue weighted by Crippen LogP contribution is 2.34. The normalized spacial score (nSPS) is 26.0. The number of nitrogens with one attached hydrogen (secondary N) is 1. The molecule has 1 amide bonds. The number of nitrogens with zero attached hydrogens (tertiary/aromatic N) is 2. The van der Waals surface area contributed by atoms with E-state index in [2.05, 4.69) is 21.3 Å². The van der Waals surface area contributed by atoms with E-state index in [4.69, 9.17) is 4.42 Å². The second-order valence-electron chi connectivity index (χ2n) is 7.65. The Bertz CT molecular complexity index is 918. The van der Waals surface area contributed by atoms with Gasteiger partial charge in [0.1, 0.15) is 5.58 Å². The van der Waals surface area contributed by atoms with E-state index >= 15 is 0 Å². The summed E-state index contributed by atoms with van der Waals surface area (Å²) in [5.41, 5.74) is 1.97. The molecule has 2 bridgehead atoms. The third-order valence-electron chi connectivity index (χ3n) is 6.08. The van der Waals surface area contributed by atoms with Gasteiger partial charge in [0, 0.05) is 29.9 Å². The fraction of sp³-hybridized carbons (Fsp3) is 0.364. The highest BCUT2D eigenvalue weighted by atomic mass is 35.5. The number of para-hydroxylation sites is 1. The zero-order chi connectivity index (χ0) is 18.2. The lowest BCUT2D eigenvalue weighted by atomic mass is 9.76. The predicted molar refractivity (Wildman–Crippen MR) is 111 cm³/mol. The van der Waals surface area contributed by atoms with E-state index in [1.807, 2.05) is 42.6 Å². The summed E-state index contributed by atoms with van der Waals surface area (Å²) in [6, 6.07) is 14.1. The van der Waals surface area contributed by atoms with Gasteiger partial charge >= 0.3 is 0 Å². The number of amides is 1. The van der Waals surface area contributed by atoms with Crippen molar-refractivity contribution in [3.8, 4) is 0 Å². The molecule has 1 aromatic carbocycles. The van der Waals surface area contributed by atoms with Crippen molar-refractivity contribution in [3.05, 3.63) is 66.2 Å². The Morgan fingerprint density at radius 1 is 1.18 bits per heavy atom. The molecule has 0 radical (unpaired) electrons. The molecule has 6 heteroatoms. The van der Waals surface area contributed by atoms with Crippen LogP contribution in [0.3, 0.4) is 0 Å². The molecular weight excluding hydrogens is 374 g/mol. The maximum Gasteiger partial charge on any atom is 0.287 e. The maximum absolute atomic E-state index is 12.9. The molecule has 0 aliphatic carbocycles. The van der Waals surface area contributed by atoms with Crippen molar-refractivity contribution < 1.29 is 9.21 Å². The molecule has 1 N–H and O–H groups in total. The van der Waals surface area contributed by atoms with Gasteiger partial charge in [0.25, 0.3) is 5.91 Å². The second kappa shape index (κ2) is 7.94. The number of aromatic nitrogens is 1. The SMILES string of the molecule is Cl.O=C(N[C@H]1C2CCN(CC2)[C@@H]1Cc1cccnc1)c1cc2ccccc2o1. The standard InChI is InChI=1S/C22H23N3O2.ClH/c26-22(20-13-17-5-1-2-6-19(17)27-20)24-21-16-7-10-25(11-8-16)18(21)12-15-4-3-9-23-14-15;/h1-6,9,13-14,16,18,21H,7-8,10-12H2,(H,24,26);1H/t18-,21+;/m1./s1. The smallest absolute Gasteiger partial charge is 0.287 e. The molecule has 6 rings (SSSR count). The lowest BCUT2D eigenvalue weighted by Gasteiger charge is -2.51. The Balaban J connectivity index is 0.00000192. The van der Waals surface area contributed by atoms with Crippen LogP contribution in [-0.4, -0.2) is 41.0 Å².